The number of anilines is 1. The van der Waals surface area contributed by atoms with E-state index in [1.165, 1.54) is 5.56 Å². The van der Waals surface area contributed by atoms with Crippen molar-refractivity contribution in [1.82, 2.24) is 9.80 Å². The number of hydrogen-bond acceptors (Lipinski definition) is 4. The molecule has 2 fully saturated rings. The number of ether oxygens (including phenoxy) is 2. The molecule has 2 aromatic carbocycles. The van der Waals surface area contributed by atoms with Crippen molar-refractivity contribution in [3.8, 4) is 11.5 Å². The monoisotopic (exact) mass is 393 g/mol. The largest absolute Gasteiger partial charge is 0.448 e. The zero-order chi connectivity index (χ0) is 19.7. The number of fused-ring (bicyclic) bond motifs is 1. The molecule has 0 unspecified atom stereocenters. The lowest BCUT2D eigenvalue weighted by atomic mass is 10.2. The van der Waals surface area contributed by atoms with E-state index < -0.39 is 5.79 Å². The van der Waals surface area contributed by atoms with E-state index in [1.807, 2.05) is 29.2 Å². The maximum absolute atomic E-state index is 12.7. The Morgan fingerprint density at radius 2 is 1.66 bits per heavy atom. The third kappa shape index (κ3) is 3.90. The summed E-state index contributed by atoms with van der Waals surface area (Å²) in [6.45, 7) is 4.15. The van der Waals surface area contributed by atoms with E-state index in [2.05, 4.69) is 34.5 Å². The molecule has 6 nitrogen and oxygen atoms in total. The van der Waals surface area contributed by atoms with Crippen LogP contribution in [0.15, 0.2) is 48.5 Å². The van der Waals surface area contributed by atoms with Crippen LogP contribution in [0.5, 0.6) is 11.5 Å². The van der Waals surface area contributed by atoms with Crippen molar-refractivity contribution >= 4 is 11.7 Å². The summed E-state index contributed by atoms with van der Waals surface area (Å²) in [4.78, 5) is 17.0. The van der Waals surface area contributed by atoms with Gasteiger partial charge in [0.2, 0.25) is 0 Å². The van der Waals surface area contributed by atoms with Gasteiger partial charge in [0.1, 0.15) is 0 Å². The van der Waals surface area contributed by atoms with Gasteiger partial charge in [-0.15, -0.1) is 0 Å². The predicted molar refractivity (Wildman–Crippen MR) is 111 cm³/mol. The van der Waals surface area contributed by atoms with Crippen LogP contribution < -0.4 is 14.8 Å². The molecule has 1 spiro atoms. The number of nitrogens with one attached hydrogen (secondary N) is 1. The van der Waals surface area contributed by atoms with Crippen LogP contribution in [0.1, 0.15) is 31.2 Å². The molecule has 0 atom stereocenters. The molecule has 2 amide bonds. The second kappa shape index (κ2) is 7.59. The van der Waals surface area contributed by atoms with Crippen molar-refractivity contribution in [3.63, 3.8) is 0 Å². The second-order valence-corrected chi connectivity index (χ2v) is 8.16. The average molecular weight is 393 g/mol. The smallest absolute Gasteiger partial charge is 0.321 e. The third-order valence-corrected chi connectivity index (χ3v) is 6.06. The molecule has 6 heteroatoms. The Balaban J connectivity index is 1.15. The highest BCUT2D eigenvalue weighted by Crippen LogP contribution is 2.47. The van der Waals surface area contributed by atoms with Crippen LogP contribution in [0.3, 0.4) is 0 Å². The number of amides is 2. The van der Waals surface area contributed by atoms with E-state index in [0.29, 0.717) is 0 Å². The van der Waals surface area contributed by atoms with E-state index in [0.717, 1.165) is 75.6 Å². The zero-order valence-corrected chi connectivity index (χ0v) is 16.6. The molecule has 2 aromatic rings. The van der Waals surface area contributed by atoms with Gasteiger partial charge < -0.3 is 19.7 Å². The molecular formula is C23H27N3O3. The SMILES string of the molecule is O=C(Nc1ccc2c(c1)OC1(CCCC1)O2)N1CCN(Cc2ccccc2)CC1. The Labute approximate surface area is 171 Å². The first-order chi connectivity index (χ1) is 14.2. The molecule has 0 bridgehead atoms. The lowest BCUT2D eigenvalue weighted by Gasteiger charge is -2.34. The van der Waals surface area contributed by atoms with Crippen molar-refractivity contribution in [1.29, 1.82) is 0 Å². The van der Waals surface area contributed by atoms with Gasteiger partial charge in [0.25, 0.3) is 5.79 Å². The van der Waals surface area contributed by atoms with Crippen LogP contribution in [0, 0.1) is 0 Å². The van der Waals surface area contributed by atoms with Gasteiger partial charge in [-0.2, -0.15) is 0 Å². The summed E-state index contributed by atoms with van der Waals surface area (Å²) in [7, 11) is 0. The quantitative estimate of drug-likeness (QED) is 0.854. The molecule has 1 aliphatic carbocycles. The number of rotatable bonds is 3. The van der Waals surface area contributed by atoms with Crippen molar-refractivity contribution in [2.75, 3.05) is 31.5 Å². The first-order valence-electron chi connectivity index (χ1n) is 10.5. The van der Waals surface area contributed by atoms with Gasteiger partial charge >= 0.3 is 6.03 Å². The van der Waals surface area contributed by atoms with Gasteiger partial charge in [0.15, 0.2) is 11.5 Å². The molecular weight excluding hydrogens is 366 g/mol. The van der Waals surface area contributed by atoms with Crippen LogP contribution in [0.2, 0.25) is 0 Å². The van der Waals surface area contributed by atoms with Crippen LogP contribution in [0.25, 0.3) is 0 Å². The molecule has 0 radical (unpaired) electrons. The Morgan fingerprint density at radius 3 is 2.41 bits per heavy atom. The fraction of sp³-hybridized carbons (Fsp3) is 0.435. The summed E-state index contributed by atoms with van der Waals surface area (Å²) in [6.07, 6.45) is 4.12. The first kappa shape index (κ1) is 18.3. The number of carbonyl (C=O) groups is 1. The molecule has 5 rings (SSSR count). The van der Waals surface area contributed by atoms with Gasteiger partial charge in [-0.05, 0) is 30.5 Å². The number of piperazine rings is 1. The van der Waals surface area contributed by atoms with Gasteiger partial charge in [0, 0.05) is 57.3 Å². The molecule has 0 aromatic heterocycles. The molecule has 1 saturated heterocycles. The van der Waals surface area contributed by atoms with Crippen LogP contribution in [0.4, 0.5) is 10.5 Å². The molecule has 152 valence electrons. The van der Waals surface area contributed by atoms with Gasteiger partial charge in [-0.25, -0.2) is 4.79 Å². The highest BCUT2D eigenvalue weighted by Gasteiger charge is 2.44. The van der Waals surface area contributed by atoms with Gasteiger partial charge in [-0.1, -0.05) is 30.3 Å². The van der Waals surface area contributed by atoms with Crippen molar-refractivity contribution < 1.29 is 14.3 Å². The maximum atomic E-state index is 12.7. The molecule has 29 heavy (non-hydrogen) atoms. The first-order valence-corrected chi connectivity index (χ1v) is 10.5. The predicted octanol–water partition coefficient (Wildman–Crippen LogP) is 4.08. The van der Waals surface area contributed by atoms with Crippen molar-refractivity contribution in [3.05, 3.63) is 54.1 Å². The summed E-state index contributed by atoms with van der Waals surface area (Å²) in [6, 6.07) is 16.1. The molecule has 1 N–H and O–H groups in total. The van der Waals surface area contributed by atoms with Gasteiger partial charge in [-0.3, -0.25) is 4.90 Å². The van der Waals surface area contributed by atoms with Crippen molar-refractivity contribution in [2.24, 2.45) is 0 Å². The lowest BCUT2D eigenvalue weighted by Crippen LogP contribution is -2.49. The summed E-state index contributed by atoms with van der Waals surface area (Å²) >= 11 is 0. The molecule has 2 heterocycles. The van der Waals surface area contributed by atoms with E-state index in [9.17, 15) is 4.79 Å². The average Bonchev–Trinajstić information content (AvgIpc) is 3.34. The lowest BCUT2D eigenvalue weighted by molar-refractivity contribution is -0.0716. The topological polar surface area (TPSA) is 54.0 Å². The van der Waals surface area contributed by atoms with E-state index in [-0.39, 0.29) is 6.03 Å². The summed E-state index contributed by atoms with van der Waals surface area (Å²) in [5.41, 5.74) is 2.06. The summed E-state index contributed by atoms with van der Waals surface area (Å²) in [5, 5.41) is 3.02. The highest BCUT2D eigenvalue weighted by atomic mass is 16.7. The van der Waals surface area contributed by atoms with Crippen LogP contribution in [-0.4, -0.2) is 47.8 Å². The van der Waals surface area contributed by atoms with E-state index in [4.69, 9.17) is 9.47 Å². The molecule has 1 saturated carbocycles. The summed E-state index contributed by atoms with van der Waals surface area (Å²) < 4.78 is 12.1. The zero-order valence-electron chi connectivity index (χ0n) is 16.6. The minimum atomic E-state index is -0.472. The molecule has 2 aliphatic heterocycles. The Hall–Kier alpha value is -2.73. The number of carbonyl (C=O) groups excluding carboxylic acids is 1. The Kier molecular flexibility index (Phi) is 4.79. The molecule has 3 aliphatic rings. The Bertz CT molecular complexity index is 872. The fourth-order valence-electron chi connectivity index (χ4n) is 4.44. The number of hydrogen-bond donors (Lipinski definition) is 1. The van der Waals surface area contributed by atoms with E-state index >= 15 is 0 Å². The highest BCUT2D eigenvalue weighted by molar-refractivity contribution is 5.89. The minimum absolute atomic E-state index is 0.0567. The maximum Gasteiger partial charge on any atom is 0.321 e. The van der Waals surface area contributed by atoms with Crippen LogP contribution >= 0.6 is 0 Å². The normalized spacial score (nSPS) is 20.2. The van der Waals surface area contributed by atoms with E-state index in [1.54, 1.807) is 0 Å². The number of urea groups is 1. The Morgan fingerprint density at radius 1 is 0.931 bits per heavy atom. The summed E-state index contributed by atoms with van der Waals surface area (Å²) in [5.74, 6) is 1.04. The fourth-order valence-corrected chi connectivity index (χ4v) is 4.44. The van der Waals surface area contributed by atoms with Crippen molar-refractivity contribution in [2.45, 2.75) is 38.0 Å². The number of benzene rings is 2. The number of nitrogens with zero attached hydrogens (tertiary/aromatic N) is 2. The van der Waals surface area contributed by atoms with Crippen LogP contribution in [-0.2, 0) is 6.54 Å². The van der Waals surface area contributed by atoms with Gasteiger partial charge in [0.05, 0.1) is 0 Å². The standard InChI is InChI=1S/C23H27N3O3/c27-22(26-14-12-25(13-15-26)17-18-6-2-1-3-7-18)24-19-8-9-20-21(16-19)29-23(28-20)10-4-5-11-23/h1-3,6-9,16H,4-5,10-15,17H2,(H,24,27). The third-order valence-electron chi connectivity index (χ3n) is 6.06. The second-order valence-electron chi connectivity index (χ2n) is 8.16. The minimum Gasteiger partial charge on any atom is -0.448 e.